The van der Waals surface area contributed by atoms with Gasteiger partial charge < -0.3 is 15.1 Å². The van der Waals surface area contributed by atoms with Crippen molar-refractivity contribution in [2.75, 3.05) is 42.5 Å². The van der Waals surface area contributed by atoms with Crippen molar-refractivity contribution in [1.82, 2.24) is 24.8 Å². The maximum atomic E-state index is 12.6. The first kappa shape index (κ1) is 19.7. The van der Waals surface area contributed by atoms with Crippen molar-refractivity contribution in [2.24, 2.45) is 7.05 Å². The van der Waals surface area contributed by atoms with Gasteiger partial charge in [0.05, 0.1) is 11.4 Å². The molecule has 0 saturated carbocycles. The zero-order valence-electron chi connectivity index (χ0n) is 17.7. The van der Waals surface area contributed by atoms with E-state index < -0.39 is 0 Å². The summed E-state index contributed by atoms with van der Waals surface area (Å²) in [6, 6.07) is 12.4. The Hall–Kier alpha value is -3.26. The van der Waals surface area contributed by atoms with Gasteiger partial charge in [0.1, 0.15) is 6.33 Å². The monoisotopic (exact) mass is 417 g/mol. The first-order valence-electron chi connectivity index (χ1n) is 10.9. The second kappa shape index (κ2) is 8.47. The lowest BCUT2D eigenvalue weighted by atomic mass is 10.0. The summed E-state index contributed by atoms with van der Waals surface area (Å²) in [6.45, 7) is 4.66. The first-order valence-corrected chi connectivity index (χ1v) is 10.9. The topological polar surface area (TPSA) is 79.2 Å². The smallest absolute Gasteiger partial charge is 0.255 e. The highest BCUT2D eigenvalue weighted by Crippen LogP contribution is 2.26. The minimum Gasteiger partial charge on any atom is -0.372 e. The quantitative estimate of drug-likeness (QED) is 0.695. The Kier molecular flexibility index (Phi) is 5.38. The highest BCUT2D eigenvalue weighted by molar-refractivity contribution is 5.55. The first-order chi connectivity index (χ1) is 15.2. The van der Waals surface area contributed by atoms with Crippen LogP contribution in [0.3, 0.4) is 0 Å². The average molecular weight is 418 g/mol. The SMILES string of the molecule is Cn1c(N2CCNC(c3ccc(N4CCCC4)cc3)C2)nc(-c2ccncn2)cc1=O. The molecule has 160 valence electrons. The van der Waals surface area contributed by atoms with Gasteiger partial charge in [-0.2, -0.15) is 0 Å². The molecule has 0 amide bonds. The Morgan fingerprint density at radius 1 is 1.00 bits per heavy atom. The molecule has 1 unspecified atom stereocenters. The van der Waals surface area contributed by atoms with Gasteiger partial charge in [-0.05, 0) is 36.6 Å². The Morgan fingerprint density at radius 3 is 2.55 bits per heavy atom. The zero-order chi connectivity index (χ0) is 21.2. The van der Waals surface area contributed by atoms with E-state index in [1.54, 1.807) is 23.9 Å². The van der Waals surface area contributed by atoms with Gasteiger partial charge in [0.15, 0.2) is 0 Å². The molecule has 0 radical (unpaired) electrons. The molecule has 2 aliphatic rings. The van der Waals surface area contributed by atoms with E-state index in [-0.39, 0.29) is 11.6 Å². The maximum absolute atomic E-state index is 12.6. The number of piperazine rings is 1. The molecule has 2 fully saturated rings. The lowest BCUT2D eigenvalue weighted by molar-refractivity contribution is 0.462. The van der Waals surface area contributed by atoms with Crippen LogP contribution in [0.25, 0.3) is 11.4 Å². The van der Waals surface area contributed by atoms with Crippen LogP contribution in [0.2, 0.25) is 0 Å². The summed E-state index contributed by atoms with van der Waals surface area (Å²) in [5.74, 6) is 0.668. The third kappa shape index (κ3) is 4.03. The Morgan fingerprint density at radius 2 is 1.81 bits per heavy atom. The fourth-order valence-electron chi connectivity index (χ4n) is 4.43. The predicted molar refractivity (Wildman–Crippen MR) is 121 cm³/mol. The van der Waals surface area contributed by atoms with Crippen molar-refractivity contribution in [1.29, 1.82) is 0 Å². The molecule has 3 aromatic rings. The Bertz CT molecular complexity index is 1090. The fourth-order valence-corrected chi connectivity index (χ4v) is 4.43. The molecule has 2 aromatic heterocycles. The van der Waals surface area contributed by atoms with Crippen LogP contribution in [0.4, 0.5) is 11.6 Å². The van der Waals surface area contributed by atoms with Gasteiger partial charge in [-0.1, -0.05) is 12.1 Å². The molecule has 0 bridgehead atoms. The Balaban J connectivity index is 1.39. The molecule has 2 aliphatic heterocycles. The van der Waals surface area contributed by atoms with Gasteiger partial charge in [-0.15, -0.1) is 0 Å². The highest BCUT2D eigenvalue weighted by Gasteiger charge is 2.24. The van der Waals surface area contributed by atoms with Crippen LogP contribution in [0.5, 0.6) is 0 Å². The number of nitrogens with one attached hydrogen (secondary N) is 1. The van der Waals surface area contributed by atoms with Gasteiger partial charge >= 0.3 is 0 Å². The van der Waals surface area contributed by atoms with E-state index in [9.17, 15) is 4.79 Å². The van der Waals surface area contributed by atoms with Crippen LogP contribution in [-0.4, -0.2) is 52.2 Å². The normalized spacial score (nSPS) is 19.1. The van der Waals surface area contributed by atoms with Crippen molar-refractivity contribution < 1.29 is 0 Å². The highest BCUT2D eigenvalue weighted by atomic mass is 16.1. The number of aromatic nitrogens is 4. The summed E-state index contributed by atoms with van der Waals surface area (Å²) in [5, 5.41) is 3.61. The molecule has 0 spiro atoms. The van der Waals surface area contributed by atoms with Gasteiger partial charge in [0, 0.05) is 63.8 Å². The number of hydrogen-bond donors (Lipinski definition) is 1. The van der Waals surface area contributed by atoms with Crippen LogP contribution in [0, 0.1) is 0 Å². The molecule has 31 heavy (non-hydrogen) atoms. The molecule has 1 aromatic carbocycles. The van der Waals surface area contributed by atoms with Crippen LogP contribution in [0.1, 0.15) is 24.4 Å². The molecule has 1 N–H and O–H groups in total. The van der Waals surface area contributed by atoms with Gasteiger partial charge in [0.2, 0.25) is 5.95 Å². The summed E-state index contributed by atoms with van der Waals surface area (Å²) in [5.41, 5.74) is 3.69. The van der Waals surface area contributed by atoms with E-state index in [0.717, 1.165) is 32.7 Å². The number of anilines is 2. The number of hydrogen-bond acceptors (Lipinski definition) is 7. The predicted octanol–water partition coefficient (Wildman–Crippen LogP) is 1.99. The minimum absolute atomic E-state index is 0.0938. The summed E-state index contributed by atoms with van der Waals surface area (Å²) < 4.78 is 1.61. The number of benzene rings is 1. The van der Waals surface area contributed by atoms with Crippen molar-refractivity contribution in [2.45, 2.75) is 18.9 Å². The molecular formula is C23H27N7O. The lowest BCUT2D eigenvalue weighted by Gasteiger charge is -2.35. The van der Waals surface area contributed by atoms with Crippen molar-refractivity contribution in [3.8, 4) is 11.4 Å². The molecule has 2 saturated heterocycles. The fraction of sp³-hybridized carbons (Fsp3) is 0.391. The average Bonchev–Trinajstić information content (AvgIpc) is 3.37. The third-order valence-corrected chi connectivity index (χ3v) is 6.18. The second-order valence-corrected chi connectivity index (χ2v) is 8.17. The number of nitrogens with zero attached hydrogens (tertiary/aromatic N) is 6. The van der Waals surface area contributed by atoms with E-state index in [1.165, 1.54) is 36.5 Å². The van der Waals surface area contributed by atoms with E-state index in [1.807, 2.05) is 0 Å². The van der Waals surface area contributed by atoms with Gasteiger partial charge in [0.25, 0.3) is 5.56 Å². The van der Waals surface area contributed by atoms with E-state index in [2.05, 4.69) is 49.4 Å². The van der Waals surface area contributed by atoms with Crippen molar-refractivity contribution >= 4 is 11.6 Å². The molecule has 5 rings (SSSR count). The third-order valence-electron chi connectivity index (χ3n) is 6.18. The molecule has 8 heteroatoms. The van der Waals surface area contributed by atoms with Crippen LogP contribution >= 0.6 is 0 Å². The summed E-state index contributed by atoms with van der Waals surface area (Å²) >= 11 is 0. The Labute approximate surface area is 181 Å². The van der Waals surface area contributed by atoms with Gasteiger partial charge in [-0.3, -0.25) is 9.36 Å². The largest absolute Gasteiger partial charge is 0.372 e. The maximum Gasteiger partial charge on any atom is 0.255 e. The standard InChI is InChI=1S/C23H27N7O/c1-28-22(31)14-20(19-8-9-24-16-26-19)27-23(28)30-13-10-25-21(15-30)17-4-6-18(7-5-17)29-11-2-3-12-29/h4-9,14,16,21,25H,2-3,10-13,15H2,1H3. The molecule has 1 atom stereocenters. The van der Waals surface area contributed by atoms with Crippen LogP contribution in [0.15, 0.2) is 53.7 Å². The van der Waals surface area contributed by atoms with Crippen molar-refractivity contribution in [3.63, 3.8) is 0 Å². The molecular weight excluding hydrogens is 390 g/mol. The minimum atomic E-state index is -0.0938. The zero-order valence-corrected chi connectivity index (χ0v) is 17.7. The summed E-state index contributed by atoms with van der Waals surface area (Å²) in [6.07, 6.45) is 5.69. The molecule has 8 nitrogen and oxygen atoms in total. The molecule has 0 aliphatic carbocycles. The van der Waals surface area contributed by atoms with E-state index >= 15 is 0 Å². The van der Waals surface area contributed by atoms with Crippen LogP contribution in [-0.2, 0) is 7.05 Å². The lowest BCUT2D eigenvalue weighted by Crippen LogP contribution is -2.47. The van der Waals surface area contributed by atoms with E-state index in [4.69, 9.17) is 4.98 Å². The summed E-state index contributed by atoms with van der Waals surface area (Å²) in [4.78, 5) is 30.2. The molecule has 4 heterocycles. The summed E-state index contributed by atoms with van der Waals surface area (Å²) in [7, 11) is 1.77. The second-order valence-electron chi connectivity index (χ2n) is 8.17. The van der Waals surface area contributed by atoms with Crippen molar-refractivity contribution in [3.05, 3.63) is 64.8 Å². The van der Waals surface area contributed by atoms with Gasteiger partial charge in [-0.25, -0.2) is 15.0 Å². The number of rotatable bonds is 4. The van der Waals surface area contributed by atoms with E-state index in [0.29, 0.717) is 17.3 Å². The van der Waals surface area contributed by atoms with Crippen LogP contribution < -0.4 is 20.7 Å².